The van der Waals surface area contributed by atoms with Crippen molar-refractivity contribution in [1.82, 2.24) is 4.98 Å². The molecule has 0 atom stereocenters. The summed E-state index contributed by atoms with van der Waals surface area (Å²) in [4.78, 5) is 25.0. The number of carboxylic acids is 1. The first kappa shape index (κ1) is 11.1. The number of nitrogens with zero attached hydrogens (tertiary/aromatic N) is 1. The minimum absolute atomic E-state index is 0.0251. The zero-order valence-corrected chi connectivity index (χ0v) is 7.86. The van der Waals surface area contributed by atoms with Crippen LogP contribution in [0.1, 0.15) is 16.2 Å². The van der Waals surface area contributed by atoms with Crippen molar-refractivity contribution in [2.75, 3.05) is 7.11 Å². The summed E-state index contributed by atoms with van der Waals surface area (Å²) < 4.78 is 17.3. The second kappa shape index (κ2) is 4.50. The highest BCUT2D eigenvalue weighted by Crippen LogP contribution is 2.06. The molecule has 1 heterocycles. The summed E-state index contributed by atoms with van der Waals surface area (Å²) >= 11 is 0. The summed E-state index contributed by atoms with van der Waals surface area (Å²) in [6.45, 7) is 0. The summed E-state index contributed by atoms with van der Waals surface area (Å²) in [7, 11) is 1.13. The smallest absolute Gasteiger partial charge is 0.356 e. The van der Waals surface area contributed by atoms with Crippen LogP contribution in [0.5, 0.6) is 0 Å². The number of ether oxygens (including phenoxy) is 1. The number of pyridine rings is 1. The third-order valence-electron chi connectivity index (χ3n) is 1.57. The van der Waals surface area contributed by atoms with Crippen LogP contribution in [-0.4, -0.2) is 29.1 Å². The molecule has 80 valence electrons. The summed E-state index contributed by atoms with van der Waals surface area (Å²) in [5.74, 6) is -2.67. The lowest BCUT2D eigenvalue weighted by Crippen LogP contribution is -2.09. The van der Waals surface area contributed by atoms with Crippen molar-refractivity contribution in [1.29, 1.82) is 0 Å². The van der Waals surface area contributed by atoms with Crippen LogP contribution in [0.15, 0.2) is 12.1 Å². The van der Waals surface area contributed by atoms with Gasteiger partial charge in [-0.1, -0.05) is 0 Å². The van der Waals surface area contributed by atoms with Gasteiger partial charge in [0.25, 0.3) is 0 Å². The Balaban J connectivity index is 3.04. The van der Waals surface area contributed by atoms with Gasteiger partial charge in [0.05, 0.1) is 19.2 Å². The van der Waals surface area contributed by atoms with Crippen molar-refractivity contribution >= 4 is 11.9 Å². The van der Waals surface area contributed by atoms with E-state index in [0.717, 1.165) is 19.2 Å². The predicted octanol–water partition coefficient (Wildman–Crippen LogP) is 0.634. The molecule has 0 spiro atoms. The number of carbonyl (C=O) groups is 2. The van der Waals surface area contributed by atoms with Gasteiger partial charge < -0.3 is 9.84 Å². The molecule has 0 fully saturated rings. The van der Waals surface area contributed by atoms with Crippen LogP contribution in [0.25, 0.3) is 0 Å². The Labute approximate surface area is 84.5 Å². The molecule has 0 aliphatic carbocycles. The molecule has 1 aromatic heterocycles. The summed E-state index contributed by atoms with van der Waals surface area (Å²) in [5.41, 5.74) is -0.267. The van der Waals surface area contributed by atoms with E-state index in [1.165, 1.54) is 0 Å². The molecule has 1 aromatic rings. The predicted molar refractivity (Wildman–Crippen MR) is 46.9 cm³/mol. The largest absolute Gasteiger partial charge is 0.481 e. The monoisotopic (exact) mass is 213 g/mol. The van der Waals surface area contributed by atoms with E-state index in [-0.39, 0.29) is 11.4 Å². The zero-order chi connectivity index (χ0) is 11.4. The molecule has 0 radical (unpaired) electrons. The molecule has 0 saturated carbocycles. The Morgan fingerprint density at radius 2 is 2.20 bits per heavy atom. The van der Waals surface area contributed by atoms with Gasteiger partial charge in [-0.25, -0.2) is 14.2 Å². The number of aliphatic carboxylic acids is 1. The molecule has 5 nitrogen and oxygen atoms in total. The molecule has 0 aliphatic heterocycles. The first-order valence-corrected chi connectivity index (χ1v) is 3.99. The number of hydrogen-bond donors (Lipinski definition) is 1. The van der Waals surface area contributed by atoms with Crippen LogP contribution in [0.4, 0.5) is 4.39 Å². The Kier molecular flexibility index (Phi) is 3.33. The van der Waals surface area contributed by atoms with Gasteiger partial charge in [0.15, 0.2) is 5.69 Å². The Morgan fingerprint density at radius 1 is 1.53 bits per heavy atom. The van der Waals surface area contributed by atoms with E-state index in [1.807, 2.05) is 0 Å². The van der Waals surface area contributed by atoms with Gasteiger partial charge in [0, 0.05) is 6.07 Å². The second-order valence-corrected chi connectivity index (χ2v) is 2.72. The van der Waals surface area contributed by atoms with Crippen molar-refractivity contribution in [3.8, 4) is 0 Å². The molecule has 0 aliphatic rings. The molecule has 0 bridgehead atoms. The SMILES string of the molecule is COC(=O)c1cc(F)cc(CC(=O)O)n1. The fraction of sp³-hybridized carbons (Fsp3) is 0.222. The lowest BCUT2D eigenvalue weighted by Gasteiger charge is -2.01. The van der Waals surface area contributed by atoms with E-state index in [9.17, 15) is 14.0 Å². The molecule has 1 rings (SSSR count). The molecule has 0 saturated heterocycles. The van der Waals surface area contributed by atoms with Gasteiger partial charge in [0.2, 0.25) is 0 Å². The molecular weight excluding hydrogens is 205 g/mol. The minimum atomic E-state index is -1.15. The highest BCUT2D eigenvalue weighted by molar-refractivity contribution is 5.87. The maximum absolute atomic E-state index is 12.9. The van der Waals surface area contributed by atoms with Crippen LogP contribution in [-0.2, 0) is 16.0 Å². The fourth-order valence-electron chi connectivity index (χ4n) is 1.01. The van der Waals surface area contributed by atoms with Crippen LogP contribution < -0.4 is 0 Å². The number of halogens is 1. The summed E-state index contributed by atoms with van der Waals surface area (Å²) in [6.07, 6.45) is -0.443. The van der Waals surface area contributed by atoms with Crippen molar-refractivity contribution in [2.24, 2.45) is 0 Å². The van der Waals surface area contributed by atoms with Gasteiger partial charge in [-0.15, -0.1) is 0 Å². The van der Waals surface area contributed by atoms with Gasteiger partial charge in [-0.05, 0) is 6.07 Å². The number of aromatic nitrogens is 1. The van der Waals surface area contributed by atoms with Gasteiger partial charge in [-0.2, -0.15) is 0 Å². The molecular formula is C9H8FNO4. The fourth-order valence-corrected chi connectivity index (χ4v) is 1.01. The van der Waals surface area contributed by atoms with Gasteiger partial charge >= 0.3 is 11.9 Å². The Bertz CT molecular complexity index is 405. The maximum atomic E-state index is 12.9. The van der Waals surface area contributed by atoms with Crippen LogP contribution in [0, 0.1) is 5.82 Å². The van der Waals surface area contributed by atoms with Gasteiger partial charge in [-0.3, -0.25) is 4.79 Å². The first-order valence-electron chi connectivity index (χ1n) is 3.99. The number of carbonyl (C=O) groups excluding carboxylic acids is 1. The molecule has 1 N–H and O–H groups in total. The van der Waals surface area contributed by atoms with E-state index in [2.05, 4.69) is 9.72 Å². The second-order valence-electron chi connectivity index (χ2n) is 2.72. The standard InChI is InChI=1S/C9H8FNO4/c1-15-9(14)7-3-5(10)2-6(11-7)4-8(12)13/h2-3H,4H2,1H3,(H,12,13). The first-order chi connectivity index (χ1) is 7.02. The number of esters is 1. The molecule has 0 amide bonds. The topological polar surface area (TPSA) is 76.5 Å². The normalized spacial score (nSPS) is 9.73. The van der Waals surface area contributed by atoms with Crippen LogP contribution in [0.2, 0.25) is 0 Å². The molecule has 0 aromatic carbocycles. The van der Waals surface area contributed by atoms with E-state index < -0.39 is 24.2 Å². The third kappa shape index (κ3) is 3.01. The maximum Gasteiger partial charge on any atom is 0.356 e. The molecule has 15 heavy (non-hydrogen) atoms. The zero-order valence-electron chi connectivity index (χ0n) is 7.86. The number of hydrogen-bond acceptors (Lipinski definition) is 4. The molecule has 0 unspecified atom stereocenters. The Hall–Kier alpha value is -1.98. The number of rotatable bonds is 3. The summed E-state index contributed by atoms with van der Waals surface area (Å²) in [5, 5.41) is 8.47. The molecule has 6 heteroatoms. The average Bonchev–Trinajstić information content (AvgIpc) is 2.14. The Morgan fingerprint density at radius 3 is 2.73 bits per heavy atom. The minimum Gasteiger partial charge on any atom is -0.481 e. The average molecular weight is 213 g/mol. The van der Waals surface area contributed by atoms with Gasteiger partial charge in [0.1, 0.15) is 5.82 Å². The van der Waals surface area contributed by atoms with Crippen LogP contribution >= 0.6 is 0 Å². The van der Waals surface area contributed by atoms with E-state index in [1.54, 1.807) is 0 Å². The van der Waals surface area contributed by atoms with E-state index in [0.29, 0.717) is 0 Å². The van der Waals surface area contributed by atoms with E-state index >= 15 is 0 Å². The number of methoxy groups -OCH3 is 1. The lowest BCUT2D eigenvalue weighted by atomic mass is 10.2. The quantitative estimate of drug-likeness (QED) is 0.745. The van der Waals surface area contributed by atoms with Crippen molar-refractivity contribution in [3.05, 3.63) is 29.3 Å². The van der Waals surface area contributed by atoms with Crippen LogP contribution in [0.3, 0.4) is 0 Å². The van der Waals surface area contributed by atoms with E-state index in [4.69, 9.17) is 5.11 Å². The summed E-state index contributed by atoms with van der Waals surface area (Å²) in [6, 6.07) is 1.84. The highest BCUT2D eigenvalue weighted by atomic mass is 19.1. The van der Waals surface area contributed by atoms with Crippen molar-refractivity contribution in [2.45, 2.75) is 6.42 Å². The van der Waals surface area contributed by atoms with Crippen molar-refractivity contribution < 1.29 is 23.8 Å². The van der Waals surface area contributed by atoms with Crippen molar-refractivity contribution in [3.63, 3.8) is 0 Å². The highest BCUT2D eigenvalue weighted by Gasteiger charge is 2.12. The third-order valence-corrected chi connectivity index (χ3v) is 1.57. The lowest BCUT2D eigenvalue weighted by molar-refractivity contribution is -0.136. The number of carboxylic acid groups (broad SMARTS) is 1.